The van der Waals surface area contributed by atoms with E-state index >= 15 is 0 Å². The molecule has 4 nitrogen and oxygen atoms in total. The van der Waals surface area contributed by atoms with Gasteiger partial charge in [0.15, 0.2) is 0 Å². The van der Waals surface area contributed by atoms with Crippen molar-refractivity contribution in [3.05, 3.63) is 29.8 Å². The molecule has 3 rings (SSSR count). The van der Waals surface area contributed by atoms with Crippen molar-refractivity contribution in [2.24, 2.45) is 0 Å². The SMILES string of the molecule is CCN1Cc2ccccc2N([C@@H]2CCC[C@H]2O)CCC1=O. The van der Waals surface area contributed by atoms with Crippen LogP contribution in [-0.4, -0.2) is 41.1 Å². The maximum atomic E-state index is 12.3. The monoisotopic (exact) mass is 288 g/mol. The fraction of sp³-hybridized carbons (Fsp3) is 0.588. The highest BCUT2D eigenvalue weighted by Gasteiger charge is 2.33. The molecule has 1 saturated carbocycles. The summed E-state index contributed by atoms with van der Waals surface area (Å²) in [7, 11) is 0. The van der Waals surface area contributed by atoms with Gasteiger partial charge in [-0.25, -0.2) is 0 Å². The van der Waals surface area contributed by atoms with E-state index in [1.165, 1.54) is 11.3 Å². The van der Waals surface area contributed by atoms with Gasteiger partial charge in [-0.15, -0.1) is 0 Å². The lowest BCUT2D eigenvalue weighted by molar-refractivity contribution is -0.131. The Kier molecular flexibility index (Phi) is 4.15. The molecule has 0 saturated heterocycles. The van der Waals surface area contributed by atoms with E-state index < -0.39 is 0 Å². The number of aliphatic hydroxyl groups excluding tert-OH is 1. The zero-order valence-electron chi connectivity index (χ0n) is 12.7. The first-order chi connectivity index (χ1) is 10.2. The topological polar surface area (TPSA) is 43.8 Å². The van der Waals surface area contributed by atoms with E-state index in [4.69, 9.17) is 0 Å². The number of nitrogens with zero attached hydrogens (tertiary/aromatic N) is 2. The third-order valence-electron chi connectivity index (χ3n) is 4.81. The number of benzene rings is 1. The lowest BCUT2D eigenvalue weighted by Crippen LogP contribution is -2.45. The number of rotatable bonds is 2. The number of para-hydroxylation sites is 1. The van der Waals surface area contributed by atoms with E-state index in [2.05, 4.69) is 17.0 Å². The molecule has 1 N–H and O–H groups in total. The van der Waals surface area contributed by atoms with Crippen LogP contribution in [0.5, 0.6) is 0 Å². The molecule has 1 aromatic rings. The summed E-state index contributed by atoms with van der Waals surface area (Å²) < 4.78 is 0. The second-order valence-corrected chi connectivity index (χ2v) is 6.05. The van der Waals surface area contributed by atoms with Crippen molar-refractivity contribution >= 4 is 11.6 Å². The zero-order valence-corrected chi connectivity index (χ0v) is 12.7. The van der Waals surface area contributed by atoms with Gasteiger partial charge in [0.1, 0.15) is 0 Å². The Morgan fingerprint density at radius 2 is 2.10 bits per heavy atom. The predicted octanol–water partition coefficient (Wildman–Crippen LogP) is 2.16. The minimum absolute atomic E-state index is 0.159. The molecule has 0 spiro atoms. The molecule has 1 heterocycles. The summed E-state index contributed by atoms with van der Waals surface area (Å²) in [4.78, 5) is 16.5. The Bertz CT molecular complexity index is 517. The first kappa shape index (κ1) is 14.4. The molecular weight excluding hydrogens is 264 g/mol. The number of aliphatic hydroxyl groups is 1. The number of amides is 1. The van der Waals surface area contributed by atoms with Crippen LogP contribution in [0.1, 0.15) is 38.2 Å². The Morgan fingerprint density at radius 3 is 2.81 bits per heavy atom. The van der Waals surface area contributed by atoms with Crippen molar-refractivity contribution in [2.45, 2.75) is 51.3 Å². The van der Waals surface area contributed by atoms with E-state index in [0.717, 1.165) is 25.8 Å². The number of hydrogen-bond acceptors (Lipinski definition) is 3. The normalized spacial score (nSPS) is 26.5. The van der Waals surface area contributed by atoms with Gasteiger partial charge in [0, 0.05) is 31.7 Å². The molecular formula is C17H24N2O2. The van der Waals surface area contributed by atoms with Crippen molar-refractivity contribution in [1.82, 2.24) is 4.90 Å². The third-order valence-corrected chi connectivity index (χ3v) is 4.81. The number of anilines is 1. The van der Waals surface area contributed by atoms with Crippen LogP contribution >= 0.6 is 0 Å². The highest BCUT2D eigenvalue weighted by Crippen LogP contribution is 2.32. The highest BCUT2D eigenvalue weighted by molar-refractivity contribution is 5.78. The fourth-order valence-corrected chi connectivity index (χ4v) is 3.63. The molecule has 0 radical (unpaired) electrons. The number of carbonyl (C=O) groups is 1. The van der Waals surface area contributed by atoms with Crippen LogP contribution in [0, 0.1) is 0 Å². The molecule has 0 unspecified atom stereocenters. The average molecular weight is 288 g/mol. The average Bonchev–Trinajstić information content (AvgIpc) is 2.90. The smallest absolute Gasteiger partial charge is 0.224 e. The molecule has 1 aromatic carbocycles. The predicted molar refractivity (Wildman–Crippen MR) is 83.1 cm³/mol. The number of hydrogen-bond donors (Lipinski definition) is 1. The van der Waals surface area contributed by atoms with Gasteiger partial charge >= 0.3 is 0 Å². The summed E-state index contributed by atoms with van der Waals surface area (Å²) in [6.45, 7) is 4.15. The van der Waals surface area contributed by atoms with Gasteiger partial charge in [-0.05, 0) is 37.8 Å². The molecule has 1 aliphatic heterocycles. The molecule has 1 amide bonds. The van der Waals surface area contributed by atoms with Crippen LogP contribution in [0.15, 0.2) is 24.3 Å². The molecule has 1 fully saturated rings. The van der Waals surface area contributed by atoms with Gasteiger partial charge in [0.2, 0.25) is 5.91 Å². The summed E-state index contributed by atoms with van der Waals surface area (Å²) in [6, 6.07) is 8.47. The maximum absolute atomic E-state index is 12.3. The van der Waals surface area contributed by atoms with E-state index in [9.17, 15) is 9.90 Å². The number of carbonyl (C=O) groups excluding carboxylic acids is 1. The Morgan fingerprint density at radius 1 is 1.29 bits per heavy atom. The molecule has 114 valence electrons. The lowest BCUT2D eigenvalue weighted by Gasteiger charge is -2.37. The molecule has 21 heavy (non-hydrogen) atoms. The fourth-order valence-electron chi connectivity index (χ4n) is 3.63. The molecule has 4 heteroatoms. The van der Waals surface area contributed by atoms with E-state index in [1.807, 2.05) is 24.0 Å². The van der Waals surface area contributed by atoms with Gasteiger partial charge in [-0.2, -0.15) is 0 Å². The zero-order chi connectivity index (χ0) is 14.8. The molecule has 2 atom stereocenters. The van der Waals surface area contributed by atoms with Gasteiger partial charge < -0.3 is 14.9 Å². The van der Waals surface area contributed by atoms with Gasteiger partial charge in [-0.3, -0.25) is 4.79 Å². The van der Waals surface area contributed by atoms with Gasteiger partial charge in [0.25, 0.3) is 0 Å². The van der Waals surface area contributed by atoms with Crippen molar-refractivity contribution in [3.8, 4) is 0 Å². The first-order valence-corrected chi connectivity index (χ1v) is 8.01. The Hall–Kier alpha value is -1.55. The summed E-state index contributed by atoms with van der Waals surface area (Å²) in [6.07, 6.45) is 3.22. The van der Waals surface area contributed by atoms with Crippen molar-refractivity contribution in [1.29, 1.82) is 0 Å². The maximum Gasteiger partial charge on any atom is 0.224 e. The van der Waals surface area contributed by atoms with Crippen LogP contribution in [0.4, 0.5) is 5.69 Å². The number of fused-ring (bicyclic) bond motifs is 1. The van der Waals surface area contributed by atoms with Crippen LogP contribution < -0.4 is 4.90 Å². The largest absolute Gasteiger partial charge is 0.391 e. The second-order valence-electron chi connectivity index (χ2n) is 6.05. The van der Waals surface area contributed by atoms with E-state index in [0.29, 0.717) is 19.5 Å². The van der Waals surface area contributed by atoms with Crippen molar-refractivity contribution in [2.75, 3.05) is 18.0 Å². The molecule has 1 aliphatic carbocycles. The van der Waals surface area contributed by atoms with Crippen LogP contribution in [0.25, 0.3) is 0 Å². The summed E-state index contributed by atoms with van der Waals surface area (Å²) >= 11 is 0. The van der Waals surface area contributed by atoms with Gasteiger partial charge in [0.05, 0.1) is 12.1 Å². The van der Waals surface area contributed by atoms with Crippen LogP contribution in [0.3, 0.4) is 0 Å². The van der Waals surface area contributed by atoms with Gasteiger partial charge in [-0.1, -0.05) is 18.2 Å². The minimum Gasteiger partial charge on any atom is -0.391 e. The Labute approximate surface area is 126 Å². The first-order valence-electron chi connectivity index (χ1n) is 8.01. The quantitative estimate of drug-likeness (QED) is 0.907. The van der Waals surface area contributed by atoms with Crippen molar-refractivity contribution < 1.29 is 9.90 Å². The van der Waals surface area contributed by atoms with Crippen molar-refractivity contribution in [3.63, 3.8) is 0 Å². The highest BCUT2D eigenvalue weighted by atomic mass is 16.3. The van der Waals surface area contributed by atoms with E-state index in [-0.39, 0.29) is 18.1 Å². The standard InChI is InChI=1S/C17H24N2O2/c1-2-18-12-13-6-3-4-7-14(13)19(11-10-17(18)21)15-8-5-9-16(15)20/h3-4,6-7,15-16,20H,2,5,8-12H2,1H3/t15-,16-/m1/s1. The minimum atomic E-state index is -0.269. The molecule has 0 aromatic heterocycles. The van der Waals surface area contributed by atoms with E-state index in [1.54, 1.807) is 0 Å². The van der Waals surface area contributed by atoms with Crippen LogP contribution in [0.2, 0.25) is 0 Å². The molecule has 0 bridgehead atoms. The second kappa shape index (κ2) is 6.06. The Balaban J connectivity index is 1.96. The van der Waals surface area contributed by atoms with Crippen LogP contribution in [-0.2, 0) is 11.3 Å². The summed E-state index contributed by atoms with van der Waals surface area (Å²) in [5, 5.41) is 10.3. The third kappa shape index (κ3) is 2.77. The summed E-state index contributed by atoms with van der Waals surface area (Å²) in [5.74, 6) is 0.212. The lowest BCUT2D eigenvalue weighted by atomic mass is 10.0. The summed E-state index contributed by atoms with van der Waals surface area (Å²) in [5.41, 5.74) is 2.38. The molecule has 2 aliphatic rings.